The van der Waals surface area contributed by atoms with Crippen LogP contribution in [0.3, 0.4) is 0 Å². The number of aryl methyl sites for hydroxylation is 1. The van der Waals surface area contributed by atoms with Gasteiger partial charge in [0.2, 0.25) is 0 Å². The van der Waals surface area contributed by atoms with E-state index in [9.17, 15) is 13.9 Å². The lowest BCUT2D eigenvalue weighted by atomic mass is 10.1. The fourth-order valence-corrected chi connectivity index (χ4v) is 6.38. The molecule has 0 aliphatic rings. The number of hydrogen-bond donors (Lipinski definition) is 1. The second-order valence-corrected chi connectivity index (χ2v) is 9.84. The Kier molecular flexibility index (Phi) is 10.6. The van der Waals surface area contributed by atoms with Gasteiger partial charge in [0.05, 0.1) is 37.9 Å². The molecule has 160 valence electrons. The number of carbonyl (C=O) groups is 1. The summed E-state index contributed by atoms with van der Waals surface area (Å²) < 4.78 is 48.0. The Hall–Kier alpha value is -1.01. The van der Waals surface area contributed by atoms with E-state index in [1.165, 1.54) is 0 Å². The first-order valence-corrected chi connectivity index (χ1v) is 12.6. The largest absolute Gasteiger partial charge is 0.481 e. The predicted octanol–water partition coefficient (Wildman–Crippen LogP) is 4.36. The molecule has 8 nitrogen and oxygen atoms in total. The van der Waals surface area contributed by atoms with Gasteiger partial charge in [-0.2, -0.15) is 0 Å². The molecule has 10 heteroatoms. The molecule has 0 saturated carbocycles. The zero-order valence-electron chi connectivity index (χ0n) is 16.9. The van der Waals surface area contributed by atoms with E-state index < -0.39 is 21.2 Å². The van der Waals surface area contributed by atoms with Crippen molar-refractivity contribution in [3.8, 4) is 0 Å². The molecule has 1 N–H and O–H groups in total. The van der Waals surface area contributed by atoms with Crippen molar-refractivity contribution in [2.45, 2.75) is 46.7 Å². The Morgan fingerprint density at radius 2 is 1.46 bits per heavy atom. The van der Waals surface area contributed by atoms with Crippen molar-refractivity contribution in [3.05, 3.63) is 29.3 Å². The van der Waals surface area contributed by atoms with E-state index in [-0.39, 0.29) is 50.7 Å². The molecule has 0 aliphatic heterocycles. The van der Waals surface area contributed by atoms with Crippen LogP contribution in [0.25, 0.3) is 0 Å². The van der Waals surface area contributed by atoms with Crippen molar-refractivity contribution in [2.75, 3.05) is 26.4 Å². The molecule has 0 aromatic heterocycles. The Bertz CT molecular complexity index is 714. The van der Waals surface area contributed by atoms with Crippen LogP contribution >= 0.6 is 15.2 Å². The van der Waals surface area contributed by atoms with Crippen LogP contribution < -0.4 is 5.30 Å². The maximum atomic E-state index is 13.4. The molecular formula is C18H30O8P2. The monoisotopic (exact) mass is 436 g/mol. The van der Waals surface area contributed by atoms with Gasteiger partial charge in [0.15, 0.2) is 0 Å². The number of carboxylic acids is 1. The minimum absolute atomic E-state index is 0.0667. The lowest BCUT2D eigenvalue weighted by Gasteiger charge is -2.23. The van der Waals surface area contributed by atoms with Crippen molar-refractivity contribution in [2.24, 2.45) is 0 Å². The van der Waals surface area contributed by atoms with Crippen LogP contribution in [0.1, 0.15) is 45.2 Å². The average molecular weight is 436 g/mol. The first-order valence-electron chi connectivity index (χ1n) is 9.34. The van der Waals surface area contributed by atoms with Crippen molar-refractivity contribution in [1.29, 1.82) is 0 Å². The second kappa shape index (κ2) is 11.9. The number of hydrogen-bond acceptors (Lipinski definition) is 7. The molecule has 0 saturated heterocycles. The summed E-state index contributed by atoms with van der Waals surface area (Å²) in [4.78, 5) is 10.9. The highest BCUT2D eigenvalue weighted by molar-refractivity contribution is 7.62. The highest BCUT2D eigenvalue weighted by Crippen LogP contribution is 2.54. The molecular weight excluding hydrogens is 406 g/mol. The number of rotatable bonds is 14. The lowest BCUT2D eigenvalue weighted by Crippen LogP contribution is -2.18. The zero-order chi connectivity index (χ0) is 21.2. The summed E-state index contributed by atoms with van der Waals surface area (Å²) in [5.41, 5.74) is 1.14. The maximum absolute atomic E-state index is 13.4. The van der Waals surface area contributed by atoms with Gasteiger partial charge in [-0.05, 0) is 51.3 Å². The molecule has 1 aromatic carbocycles. The van der Waals surface area contributed by atoms with Crippen LogP contribution in [0.4, 0.5) is 0 Å². The molecule has 0 unspecified atom stereocenters. The van der Waals surface area contributed by atoms with Gasteiger partial charge in [-0.25, -0.2) is 0 Å². The van der Waals surface area contributed by atoms with Crippen LogP contribution in [-0.2, 0) is 44.6 Å². The van der Waals surface area contributed by atoms with Crippen LogP contribution in [-0.4, -0.2) is 37.5 Å². The minimum Gasteiger partial charge on any atom is -0.481 e. The predicted molar refractivity (Wildman–Crippen MR) is 107 cm³/mol. The third-order valence-electron chi connectivity index (χ3n) is 3.69. The summed E-state index contributed by atoms with van der Waals surface area (Å²) in [6, 6.07) is 4.97. The number of carboxylic acid groups (broad SMARTS) is 1. The smallest absolute Gasteiger partial charge is 0.361 e. The Morgan fingerprint density at radius 1 is 0.929 bits per heavy atom. The summed E-state index contributed by atoms with van der Waals surface area (Å²) >= 11 is 0. The SMILES string of the molecule is CCOP(=O)(Cc1ccc(CCC(=O)O)cc1P(=O)(OCC)OCC)OCC. The minimum atomic E-state index is -3.69. The molecule has 0 heterocycles. The van der Waals surface area contributed by atoms with Crippen LogP contribution in [0.15, 0.2) is 18.2 Å². The topological polar surface area (TPSA) is 108 Å². The van der Waals surface area contributed by atoms with Crippen molar-refractivity contribution < 1.29 is 37.1 Å². The standard InChI is InChI=1S/C18H30O8P2/c1-5-23-27(21,24-6-2)14-16-11-9-15(10-12-18(19)20)13-17(16)28(22,25-7-3)26-8-4/h9,11,13H,5-8,10,12,14H2,1-4H3,(H,19,20). The van der Waals surface area contributed by atoms with Crippen molar-refractivity contribution in [1.82, 2.24) is 0 Å². The zero-order valence-corrected chi connectivity index (χ0v) is 18.7. The molecule has 0 atom stereocenters. The molecule has 1 rings (SSSR count). The van der Waals surface area contributed by atoms with Crippen LogP contribution in [0.5, 0.6) is 0 Å². The lowest BCUT2D eigenvalue weighted by molar-refractivity contribution is -0.136. The Labute approximate surface area is 166 Å². The molecule has 0 amide bonds. The molecule has 28 heavy (non-hydrogen) atoms. The average Bonchev–Trinajstić information content (AvgIpc) is 2.61. The summed E-state index contributed by atoms with van der Waals surface area (Å²) in [7, 11) is -7.14. The second-order valence-electron chi connectivity index (χ2n) is 5.79. The molecule has 0 aliphatic carbocycles. The molecule has 0 spiro atoms. The van der Waals surface area contributed by atoms with E-state index in [0.29, 0.717) is 11.1 Å². The number of benzene rings is 1. The normalized spacial score (nSPS) is 12.3. The van der Waals surface area contributed by atoms with E-state index in [0.717, 1.165) is 0 Å². The quantitative estimate of drug-likeness (QED) is 0.429. The summed E-state index contributed by atoms with van der Waals surface area (Å²) in [6.45, 7) is 7.56. The van der Waals surface area contributed by atoms with E-state index in [1.807, 2.05) is 0 Å². The van der Waals surface area contributed by atoms with Gasteiger partial charge in [-0.3, -0.25) is 13.9 Å². The van der Waals surface area contributed by atoms with Gasteiger partial charge < -0.3 is 23.2 Å². The third-order valence-corrected chi connectivity index (χ3v) is 7.92. The molecule has 1 aromatic rings. The van der Waals surface area contributed by atoms with E-state index in [4.69, 9.17) is 23.2 Å². The van der Waals surface area contributed by atoms with Gasteiger partial charge in [-0.1, -0.05) is 12.1 Å². The highest BCUT2D eigenvalue weighted by atomic mass is 31.2. The van der Waals surface area contributed by atoms with E-state index in [2.05, 4.69) is 0 Å². The fraction of sp³-hybridized carbons (Fsp3) is 0.611. The van der Waals surface area contributed by atoms with E-state index in [1.54, 1.807) is 45.9 Å². The molecule has 0 bridgehead atoms. The summed E-state index contributed by atoms with van der Waals surface area (Å²) in [5, 5.41) is 9.19. The number of aliphatic carboxylic acids is 1. The fourth-order valence-electron chi connectivity index (χ4n) is 2.65. The van der Waals surface area contributed by atoms with Gasteiger partial charge in [0, 0.05) is 6.42 Å². The highest BCUT2D eigenvalue weighted by Gasteiger charge is 2.34. The molecule has 0 radical (unpaired) electrons. The van der Waals surface area contributed by atoms with Gasteiger partial charge in [0.25, 0.3) is 0 Å². The van der Waals surface area contributed by atoms with Gasteiger partial charge in [0.1, 0.15) is 0 Å². The summed E-state index contributed by atoms with van der Waals surface area (Å²) in [6.07, 6.45) is 0.103. The third kappa shape index (κ3) is 7.43. The van der Waals surface area contributed by atoms with Crippen molar-refractivity contribution in [3.63, 3.8) is 0 Å². The van der Waals surface area contributed by atoms with E-state index >= 15 is 0 Å². The Morgan fingerprint density at radius 3 is 1.93 bits per heavy atom. The molecule has 0 fully saturated rings. The van der Waals surface area contributed by atoms with Crippen molar-refractivity contribution >= 4 is 26.5 Å². The van der Waals surface area contributed by atoms with Crippen LogP contribution in [0.2, 0.25) is 0 Å². The van der Waals surface area contributed by atoms with Crippen LogP contribution in [0, 0.1) is 0 Å². The first-order chi connectivity index (χ1) is 13.2. The first kappa shape index (κ1) is 25.0. The Balaban J connectivity index is 3.42. The maximum Gasteiger partial charge on any atom is 0.361 e. The van der Waals surface area contributed by atoms with Gasteiger partial charge in [-0.15, -0.1) is 0 Å². The summed E-state index contributed by atoms with van der Waals surface area (Å²) in [5.74, 6) is -0.930. The van der Waals surface area contributed by atoms with Gasteiger partial charge >= 0.3 is 21.2 Å².